The molecule has 25 heavy (non-hydrogen) atoms. The molecule has 2 aromatic carbocycles. The standard InChI is InChI=1S/C20H23N3OS/c1-4-12-21-19-15-11-10-14(3)13-17(15)22-20(23-19)16-8-6-7-9-18(16)25(24)5-2/h6-11,13H,4-5,12H2,1-3H3,(H,21,22,23). The summed E-state index contributed by atoms with van der Waals surface area (Å²) in [6, 6.07) is 13.9. The molecule has 0 saturated heterocycles. The molecular formula is C20H23N3OS. The molecule has 4 nitrogen and oxygen atoms in total. The van der Waals surface area contributed by atoms with E-state index >= 15 is 0 Å². The van der Waals surface area contributed by atoms with E-state index in [-0.39, 0.29) is 0 Å². The van der Waals surface area contributed by atoms with E-state index in [4.69, 9.17) is 9.97 Å². The lowest BCUT2D eigenvalue weighted by atomic mass is 10.1. The number of aryl methyl sites for hydroxylation is 1. The average molecular weight is 353 g/mol. The molecule has 3 rings (SSSR count). The van der Waals surface area contributed by atoms with Gasteiger partial charge in [-0.2, -0.15) is 0 Å². The van der Waals surface area contributed by atoms with Crippen molar-refractivity contribution < 1.29 is 4.55 Å². The zero-order valence-electron chi connectivity index (χ0n) is 14.9. The second-order valence-corrected chi connectivity index (χ2v) is 7.68. The smallest absolute Gasteiger partial charge is 0.167 e. The first-order valence-corrected chi connectivity index (χ1v) is 9.96. The first-order valence-electron chi connectivity index (χ1n) is 8.64. The Morgan fingerprint density at radius 3 is 2.64 bits per heavy atom. The van der Waals surface area contributed by atoms with Crippen LogP contribution in [0.15, 0.2) is 47.4 Å². The van der Waals surface area contributed by atoms with Gasteiger partial charge in [0.1, 0.15) is 11.6 Å². The van der Waals surface area contributed by atoms with Crippen molar-refractivity contribution in [2.45, 2.75) is 32.1 Å². The minimum absolute atomic E-state index is 0.574. The zero-order chi connectivity index (χ0) is 17.8. The van der Waals surface area contributed by atoms with Crippen LogP contribution in [0.1, 0.15) is 25.8 Å². The summed E-state index contributed by atoms with van der Waals surface area (Å²) in [5.41, 5.74) is 2.90. The summed E-state index contributed by atoms with van der Waals surface area (Å²) in [7, 11) is 0. The molecule has 1 heterocycles. The maximum Gasteiger partial charge on any atom is 0.167 e. The van der Waals surface area contributed by atoms with Crippen LogP contribution in [0.25, 0.3) is 22.3 Å². The van der Waals surface area contributed by atoms with Crippen LogP contribution in [0, 0.1) is 6.92 Å². The van der Waals surface area contributed by atoms with Gasteiger partial charge < -0.3 is 9.87 Å². The second-order valence-electron chi connectivity index (χ2n) is 5.97. The molecule has 0 amide bonds. The van der Waals surface area contributed by atoms with E-state index in [1.54, 1.807) is 0 Å². The zero-order valence-corrected chi connectivity index (χ0v) is 15.7. The first-order chi connectivity index (χ1) is 12.1. The molecule has 3 aromatic rings. The van der Waals surface area contributed by atoms with Crippen LogP contribution in [0.3, 0.4) is 0 Å². The highest BCUT2D eigenvalue weighted by Crippen LogP contribution is 2.30. The Balaban J connectivity index is 2.20. The van der Waals surface area contributed by atoms with Crippen LogP contribution < -0.4 is 5.32 Å². The van der Waals surface area contributed by atoms with E-state index in [0.29, 0.717) is 11.6 Å². The molecule has 0 bridgehead atoms. The van der Waals surface area contributed by atoms with Gasteiger partial charge in [0.25, 0.3) is 0 Å². The molecule has 0 radical (unpaired) electrons. The highest BCUT2D eigenvalue weighted by atomic mass is 32.2. The number of hydrogen-bond donors (Lipinski definition) is 1. The van der Waals surface area contributed by atoms with E-state index in [0.717, 1.165) is 45.7 Å². The molecule has 5 heteroatoms. The molecule has 0 aliphatic rings. The number of fused-ring (bicyclic) bond motifs is 1. The lowest BCUT2D eigenvalue weighted by Gasteiger charge is -2.14. The summed E-state index contributed by atoms with van der Waals surface area (Å²) in [6.45, 7) is 6.95. The summed E-state index contributed by atoms with van der Waals surface area (Å²) in [6.07, 6.45) is 1.02. The maximum atomic E-state index is 12.4. The van der Waals surface area contributed by atoms with Crippen molar-refractivity contribution in [2.24, 2.45) is 0 Å². The summed E-state index contributed by atoms with van der Waals surface area (Å²) in [5, 5.41) is 4.41. The molecule has 0 fully saturated rings. The third-order valence-electron chi connectivity index (χ3n) is 4.03. The fraction of sp³-hybridized carbons (Fsp3) is 0.300. The number of rotatable bonds is 6. The van der Waals surface area contributed by atoms with Gasteiger partial charge in [0.05, 0.1) is 11.1 Å². The monoisotopic (exact) mass is 353 g/mol. The van der Waals surface area contributed by atoms with Crippen LogP contribution in [0.4, 0.5) is 5.82 Å². The van der Waals surface area contributed by atoms with E-state index < -0.39 is 11.2 Å². The number of nitrogens with zero attached hydrogens (tertiary/aromatic N) is 2. The number of aromatic nitrogens is 2. The van der Waals surface area contributed by atoms with Crippen molar-refractivity contribution in [1.29, 1.82) is 0 Å². The van der Waals surface area contributed by atoms with Crippen molar-refractivity contribution in [1.82, 2.24) is 9.97 Å². The van der Waals surface area contributed by atoms with Gasteiger partial charge in [0.2, 0.25) is 0 Å². The van der Waals surface area contributed by atoms with Crippen LogP contribution >= 0.6 is 0 Å². The largest absolute Gasteiger partial charge is 0.611 e. The molecule has 1 atom stereocenters. The molecule has 1 N–H and O–H groups in total. The lowest BCUT2D eigenvalue weighted by molar-refractivity contribution is 0.596. The predicted octanol–water partition coefficient (Wildman–Crippen LogP) is 4.55. The Morgan fingerprint density at radius 1 is 1.08 bits per heavy atom. The Bertz CT molecular complexity index is 882. The maximum absolute atomic E-state index is 12.4. The third kappa shape index (κ3) is 3.78. The van der Waals surface area contributed by atoms with Crippen molar-refractivity contribution in [3.8, 4) is 11.4 Å². The van der Waals surface area contributed by atoms with Crippen molar-refractivity contribution in [3.05, 3.63) is 48.0 Å². The molecule has 0 aliphatic heterocycles. The van der Waals surface area contributed by atoms with E-state index in [2.05, 4.69) is 37.4 Å². The number of nitrogens with one attached hydrogen (secondary N) is 1. The van der Waals surface area contributed by atoms with Gasteiger partial charge >= 0.3 is 0 Å². The summed E-state index contributed by atoms with van der Waals surface area (Å²) < 4.78 is 12.4. The van der Waals surface area contributed by atoms with Crippen LogP contribution in [-0.4, -0.2) is 26.8 Å². The van der Waals surface area contributed by atoms with E-state index in [9.17, 15) is 4.55 Å². The van der Waals surface area contributed by atoms with Gasteiger partial charge in [-0.3, -0.25) is 0 Å². The Morgan fingerprint density at radius 2 is 1.88 bits per heavy atom. The molecule has 0 saturated carbocycles. The van der Waals surface area contributed by atoms with Gasteiger partial charge in [0.15, 0.2) is 10.7 Å². The van der Waals surface area contributed by atoms with Crippen LogP contribution in [-0.2, 0) is 11.2 Å². The molecular weight excluding hydrogens is 330 g/mol. The summed E-state index contributed by atoms with van der Waals surface area (Å²) >= 11 is -1.05. The summed E-state index contributed by atoms with van der Waals surface area (Å²) in [5.74, 6) is 2.03. The highest BCUT2D eigenvalue weighted by molar-refractivity contribution is 7.91. The molecule has 0 aliphatic carbocycles. The van der Waals surface area contributed by atoms with Crippen molar-refractivity contribution >= 4 is 27.9 Å². The second kappa shape index (κ2) is 7.85. The van der Waals surface area contributed by atoms with Gasteiger partial charge in [-0.25, -0.2) is 9.97 Å². The Kier molecular flexibility index (Phi) is 5.56. The minimum Gasteiger partial charge on any atom is -0.611 e. The van der Waals surface area contributed by atoms with E-state index in [1.807, 2.05) is 31.2 Å². The molecule has 1 aromatic heterocycles. The van der Waals surface area contributed by atoms with Gasteiger partial charge in [-0.1, -0.05) is 25.1 Å². The van der Waals surface area contributed by atoms with E-state index in [1.165, 1.54) is 0 Å². The Hall–Kier alpha value is -2.11. The average Bonchev–Trinajstić information content (AvgIpc) is 2.64. The summed E-state index contributed by atoms with van der Waals surface area (Å²) in [4.78, 5) is 10.3. The molecule has 130 valence electrons. The normalized spacial score (nSPS) is 12.3. The van der Waals surface area contributed by atoms with Crippen LogP contribution in [0.2, 0.25) is 0 Å². The topological polar surface area (TPSA) is 60.9 Å². The highest BCUT2D eigenvalue weighted by Gasteiger charge is 2.18. The lowest BCUT2D eigenvalue weighted by Crippen LogP contribution is -2.08. The van der Waals surface area contributed by atoms with Gasteiger partial charge in [-0.15, -0.1) is 0 Å². The fourth-order valence-corrected chi connectivity index (χ4v) is 3.69. The van der Waals surface area contributed by atoms with Crippen LogP contribution in [0.5, 0.6) is 0 Å². The van der Waals surface area contributed by atoms with Crippen molar-refractivity contribution in [3.63, 3.8) is 0 Å². The van der Waals surface area contributed by atoms with Gasteiger partial charge in [0, 0.05) is 11.9 Å². The number of benzene rings is 2. The quantitative estimate of drug-likeness (QED) is 0.660. The fourth-order valence-electron chi connectivity index (χ4n) is 2.74. The molecule has 0 spiro atoms. The first kappa shape index (κ1) is 17.7. The number of anilines is 1. The molecule has 1 unspecified atom stereocenters. The van der Waals surface area contributed by atoms with Crippen molar-refractivity contribution in [2.75, 3.05) is 17.6 Å². The Labute approximate surface area is 151 Å². The third-order valence-corrected chi connectivity index (χ3v) is 5.40. The van der Waals surface area contributed by atoms with Gasteiger partial charge in [-0.05, 0) is 61.3 Å². The minimum atomic E-state index is -1.05. The predicted molar refractivity (Wildman–Crippen MR) is 105 cm³/mol. The number of hydrogen-bond acceptors (Lipinski definition) is 4. The SMILES string of the molecule is CCCNc1nc(-c2ccccc2[S+]([O-])CC)nc2cc(C)ccc12.